The zero-order chi connectivity index (χ0) is 15.5. The molecular weight excluding hydrogens is 312 g/mol. The molecule has 0 radical (unpaired) electrons. The molecule has 0 unspecified atom stereocenters. The number of alkyl carbamates (subject to hydrolysis) is 1. The molecule has 1 amide bonds. The summed E-state index contributed by atoms with van der Waals surface area (Å²) in [5.74, 6) is 0.0912. The van der Waals surface area contributed by atoms with Crippen LogP contribution in [0, 0.1) is 0 Å². The lowest BCUT2D eigenvalue weighted by Gasteiger charge is -2.15. The molecule has 0 heterocycles. The maximum atomic E-state index is 11.7. The van der Waals surface area contributed by atoms with Crippen LogP contribution in [0.5, 0.6) is 0 Å². The Balaban J connectivity index is 0.00000192. The molecule has 2 aromatic carbocycles. The lowest BCUT2D eigenvalue weighted by atomic mass is 9.98. The second kappa shape index (κ2) is 7.49. The number of hydrogen-bond acceptors (Lipinski definition) is 3. The van der Waals surface area contributed by atoms with Gasteiger partial charge in [0.1, 0.15) is 6.61 Å². The van der Waals surface area contributed by atoms with Crippen LogP contribution in [0.2, 0.25) is 0 Å². The zero-order valence-corrected chi connectivity index (χ0v) is 13.8. The summed E-state index contributed by atoms with van der Waals surface area (Å²) in [5.41, 5.74) is 10.5. The first-order valence-electron chi connectivity index (χ1n) is 7.51. The van der Waals surface area contributed by atoms with Gasteiger partial charge in [-0.05, 0) is 29.2 Å². The van der Waals surface area contributed by atoms with Gasteiger partial charge in [0.2, 0.25) is 0 Å². The van der Waals surface area contributed by atoms with Gasteiger partial charge in [-0.1, -0.05) is 48.5 Å². The average Bonchev–Trinajstić information content (AvgIpc) is 2.85. The first kappa shape index (κ1) is 17.3. The van der Waals surface area contributed by atoms with E-state index in [0.29, 0.717) is 13.2 Å². The Bertz CT molecular complexity index is 643. The molecule has 122 valence electrons. The van der Waals surface area contributed by atoms with E-state index < -0.39 is 6.09 Å². The second-order valence-electron chi connectivity index (χ2n) is 5.68. The van der Waals surface area contributed by atoms with E-state index in [-0.39, 0.29) is 24.4 Å². The largest absolute Gasteiger partial charge is 0.449 e. The summed E-state index contributed by atoms with van der Waals surface area (Å²) in [5, 5.41) is 2.67. The average molecular weight is 333 g/mol. The number of ether oxygens (including phenoxy) is 1. The fourth-order valence-electron chi connectivity index (χ4n) is 2.89. The van der Waals surface area contributed by atoms with Crippen LogP contribution in [-0.4, -0.2) is 25.3 Å². The fraction of sp³-hybridized carbons (Fsp3) is 0.278. The van der Waals surface area contributed by atoms with Crippen LogP contribution < -0.4 is 11.1 Å². The van der Waals surface area contributed by atoms with E-state index in [9.17, 15) is 4.79 Å². The summed E-state index contributed by atoms with van der Waals surface area (Å²) in [6, 6.07) is 16.5. The molecule has 0 aliphatic heterocycles. The van der Waals surface area contributed by atoms with Gasteiger partial charge < -0.3 is 15.8 Å². The monoisotopic (exact) mass is 332 g/mol. The van der Waals surface area contributed by atoms with Crippen molar-refractivity contribution in [2.45, 2.75) is 18.9 Å². The Morgan fingerprint density at radius 1 is 1.13 bits per heavy atom. The SMILES string of the molecule is C[C@H](N)CNC(=O)OCC1c2ccccc2-c2ccccc21.Cl. The molecule has 5 heteroatoms. The highest BCUT2D eigenvalue weighted by Crippen LogP contribution is 2.44. The molecular formula is C18H21ClN2O2. The van der Waals surface area contributed by atoms with E-state index in [0.717, 1.165) is 0 Å². The fourth-order valence-corrected chi connectivity index (χ4v) is 2.89. The molecule has 0 fully saturated rings. The summed E-state index contributed by atoms with van der Waals surface area (Å²) in [7, 11) is 0. The van der Waals surface area contributed by atoms with Gasteiger partial charge in [-0.3, -0.25) is 0 Å². The molecule has 0 bridgehead atoms. The van der Waals surface area contributed by atoms with Crippen molar-refractivity contribution in [2.24, 2.45) is 5.73 Å². The third kappa shape index (κ3) is 3.66. The van der Waals surface area contributed by atoms with Crippen LogP contribution in [0.1, 0.15) is 24.0 Å². The highest BCUT2D eigenvalue weighted by Gasteiger charge is 2.28. The molecule has 1 atom stereocenters. The maximum absolute atomic E-state index is 11.7. The van der Waals surface area contributed by atoms with Crippen LogP contribution in [-0.2, 0) is 4.74 Å². The highest BCUT2D eigenvalue weighted by atomic mass is 35.5. The molecule has 0 saturated carbocycles. The molecule has 3 N–H and O–H groups in total. The predicted octanol–water partition coefficient (Wildman–Crippen LogP) is 3.29. The molecule has 0 spiro atoms. The van der Waals surface area contributed by atoms with Crippen molar-refractivity contribution in [1.82, 2.24) is 5.32 Å². The summed E-state index contributed by atoms with van der Waals surface area (Å²) in [6.45, 7) is 2.58. The van der Waals surface area contributed by atoms with Crippen LogP contribution in [0.25, 0.3) is 11.1 Å². The van der Waals surface area contributed by atoms with E-state index in [4.69, 9.17) is 10.5 Å². The predicted molar refractivity (Wildman–Crippen MR) is 94.0 cm³/mol. The molecule has 0 saturated heterocycles. The number of carbonyl (C=O) groups excluding carboxylic acids is 1. The van der Waals surface area contributed by atoms with Crippen molar-refractivity contribution < 1.29 is 9.53 Å². The normalized spacial score (nSPS) is 13.5. The number of halogens is 1. The molecule has 1 aliphatic carbocycles. The standard InChI is InChI=1S/C18H20N2O2.ClH/c1-12(19)10-20-18(21)22-11-17-15-8-4-2-6-13(15)14-7-3-5-9-16(14)17;/h2-9,12,17H,10-11,19H2,1H3,(H,20,21);1H/t12-;/m0./s1. The van der Waals surface area contributed by atoms with Crippen LogP contribution in [0.4, 0.5) is 4.79 Å². The Kier molecular flexibility index (Phi) is 5.64. The van der Waals surface area contributed by atoms with Gasteiger partial charge in [-0.15, -0.1) is 12.4 Å². The molecule has 4 nitrogen and oxygen atoms in total. The van der Waals surface area contributed by atoms with E-state index in [1.54, 1.807) is 0 Å². The Morgan fingerprint density at radius 3 is 2.17 bits per heavy atom. The van der Waals surface area contributed by atoms with Crippen molar-refractivity contribution in [3.05, 3.63) is 59.7 Å². The molecule has 2 aromatic rings. The summed E-state index contributed by atoms with van der Waals surface area (Å²) >= 11 is 0. The second-order valence-corrected chi connectivity index (χ2v) is 5.68. The van der Waals surface area contributed by atoms with Crippen molar-refractivity contribution in [1.29, 1.82) is 0 Å². The smallest absolute Gasteiger partial charge is 0.407 e. The van der Waals surface area contributed by atoms with Crippen molar-refractivity contribution >= 4 is 18.5 Å². The number of rotatable bonds is 4. The number of fused-ring (bicyclic) bond motifs is 3. The van der Waals surface area contributed by atoms with Crippen LogP contribution >= 0.6 is 12.4 Å². The van der Waals surface area contributed by atoms with Crippen LogP contribution in [0.15, 0.2) is 48.5 Å². The van der Waals surface area contributed by atoms with Crippen LogP contribution in [0.3, 0.4) is 0 Å². The molecule has 0 aromatic heterocycles. The Hall–Kier alpha value is -2.04. The van der Waals surface area contributed by atoms with Gasteiger partial charge in [0.25, 0.3) is 0 Å². The number of hydrogen-bond donors (Lipinski definition) is 2. The number of carbonyl (C=O) groups is 1. The van der Waals surface area contributed by atoms with Crippen molar-refractivity contribution in [2.75, 3.05) is 13.2 Å². The Labute approximate surface area is 142 Å². The minimum atomic E-state index is -0.417. The van der Waals surface area contributed by atoms with Gasteiger partial charge in [0.05, 0.1) is 0 Å². The minimum Gasteiger partial charge on any atom is -0.449 e. The lowest BCUT2D eigenvalue weighted by molar-refractivity contribution is 0.142. The molecule has 1 aliphatic rings. The topological polar surface area (TPSA) is 64.3 Å². The summed E-state index contributed by atoms with van der Waals surface area (Å²) in [4.78, 5) is 11.7. The van der Waals surface area contributed by atoms with E-state index in [2.05, 4.69) is 29.6 Å². The van der Waals surface area contributed by atoms with E-state index in [1.807, 2.05) is 31.2 Å². The number of nitrogens with one attached hydrogen (secondary N) is 1. The maximum Gasteiger partial charge on any atom is 0.407 e. The highest BCUT2D eigenvalue weighted by molar-refractivity contribution is 5.85. The van der Waals surface area contributed by atoms with Crippen molar-refractivity contribution in [3.63, 3.8) is 0 Å². The zero-order valence-electron chi connectivity index (χ0n) is 13.0. The van der Waals surface area contributed by atoms with Gasteiger partial charge >= 0.3 is 6.09 Å². The quantitative estimate of drug-likeness (QED) is 0.903. The third-order valence-electron chi connectivity index (χ3n) is 3.91. The van der Waals surface area contributed by atoms with Gasteiger partial charge in [0.15, 0.2) is 0 Å². The van der Waals surface area contributed by atoms with Gasteiger partial charge in [0, 0.05) is 18.5 Å². The minimum absolute atomic E-state index is 0. The number of benzene rings is 2. The van der Waals surface area contributed by atoms with Gasteiger partial charge in [-0.2, -0.15) is 0 Å². The summed E-state index contributed by atoms with van der Waals surface area (Å²) in [6.07, 6.45) is -0.417. The molecule has 23 heavy (non-hydrogen) atoms. The molecule has 3 rings (SSSR count). The first-order chi connectivity index (χ1) is 10.7. The van der Waals surface area contributed by atoms with Crippen molar-refractivity contribution in [3.8, 4) is 11.1 Å². The van der Waals surface area contributed by atoms with Gasteiger partial charge in [-0.25, -0.2) is 4.79 Å². The Morgan fingerprint density at radius 2 is 1.65 bits per heavy atom. The lowest BCUT2D eigenvalue weighted by Crippen LogP contribution is -2.36. The summed E-state index contributed by atoms with van der Waals surface area (Å²) < 4.78 is 5.38. The first-order valence-corrected chi connectivity index (χ1v) is 7.51. The third-order valence-corrected chi connectivity index (χ3v) is 3.91. The number of amides is 1. The van der Waals surface area contributed by atoms with E-state index >= 15 is 0 Å². The number of nitrogens with two attached hydrogens (primary N) is 1. The van der Waals surface area contributed by atoms with E-state index in [1.165, 1.54) is 22.3 Å².